The van der Waals surface area contributed by atoms with E-state index in [2.05, 4.69) is 88.9 Å². The van der Waals surface area contributed by atoms with Gasteiger partial charge in [0.25, 0.3) is 0 Å². The second kappa shape index (κ2) is 18.2. The number of nitrogens with zero attached hydrogens (tertiary/aromatic N) is 2. The van der Waals surface area contributed by atoms with E-state index in [1.165, 1.54) is 5.56 Å². The smallest absolute Gasteiger partial charge is 0.358 e. The van der Waals surface area contributed by atoms with Gasteiger partial charge in [0.05, 0.1) is 12.2 Å². The van der Waals surface area contributed by atoms with Gasteiger partial charge in [-0.15, -0.1) is 35.4 Å². The van der Waals surface area contributed by atoms with Gasteiger partial charge in [0.1, 0.15) is 0 Å². The second-order valence-electron chi connectivity index (χ2n) is 8.57. The topological polar surface area (TPSA) is 25.2 Å². The number of benzene rings is 1. The molecule has 1 heterocycles. The van der Waals surface area contributed by atoms with Crippen LogP contribution >= 0.6 is 15.8 Å². The van der Waals surface area contributed by atoms with Crippen LogP contribution in [0.15, 0.2) is 47.6 Å². The molecule has 2 aromatic rings. The molecule has 0 unspecified atom stereocenters. The van der Waals surface area contributed by atoms with Crippen LogP contribution in [0, 0.1) is 13.5 Å². The number of rotatable bonds is 3. The van der Waals surface area contributed by atoms with E-state index in [-0.39, 0.29) is 45.8 Å². The van der Waals surface area contributed by atoms with Crippen LogP contribution in [0.5, 0.6) is 0 Å². The van der Waals surface area contributed by atoms with E-state index in [0.717, 1.165) is 11.3 Å². The molecule has 2 nitrogen and oxygen atoms in total. The molecule has 0 radical (unpaired) electrons. The van der Waals surface area contributed by atoms with E-state index in [4.69, 9.17) is 0 Å². The molecule has 0 saturated carbocycles. The van der Waals surface area contributed by atoms with Crippen molar-refractivity contribution in [2.75, 3.05) is 40.0 Å². The van der Waals surface area contributed by atoms with Crippen molar-refractivity contribution < 1.29 is 17.1 Å². The van der Waals surface area contributed by atoms with Crippen LogP contribution < -0.4 is 0 Å². The van der Waals surface area contributed by atoms with E-state index in [1.54, 1.807) is 6.20 Å². The average Bonchev–Trinajstić information content (AvgIpc) is 2.54. The van der Waals surface area contributed by atoms with Crippen molar-refractivity contribution in [3.05, 3.63) is 72.9 Å². The van der Waals surface area contributed by atoms with Crippen LogP contribution in [0.25, 0.3) is 0 Å². The first-order valence-corrected chi connectivity index (χ1v) is 15.5. The zero-order chi connectivity index (χ0) is 20.9. The van der Waals surface area contributed by atoms with E-state index < -0.39 is 0 Å². The molecule has 1 aromatic heterocycles. The maximum atomic E-state index is 4.38. The molecule has 0 aliphatic carbocycles. The fourth-order valence-electron chi connectivity index (χ4n) is 1.71. The van der Waals surface area contributed by atoms with Crippen LogP contribution in [0.3, 0.4) is 0 Å². The minimum atomic E-state index is 0. The van der Waals surface area contributed by atoms with Crippen molar-refractivity contribution in [2.45, 2.75) is 32.7 Å². The summed E-state index contributed by atoms with van der Waals surface area (Å²) in [6.45, 7) is 20.8. The summed E-state index contributed by atoms with van der Waals surface area (Å²) in [5, 5.41) is 0. The molecule has 0 bridgehead atoms. The molecule has 29 heavy (non-hydrogen) atoms. The van der Waals surface area contributed by atoms with Gasteiger partial charge < -0.3 is 12.4 Å². The van der Waals surface area contributed by atoms with Crippen molar-refractivity contribution in [1.82, 2.24) is 4.98 Å². The Bertz CT molecular complexity index is 623. The Balaban J connectivity index is -0.000000582. The Morgan fingerprint density at radius 1 is 0.966 bits per heavy atom. The third-order valence-corrected chi connectivity index (χ3v) is 2.91. The van der Waals surface area contributed by atoms with Crippen LogP contribution in [0.4, 0.5) is 0 Å². The molecule has 2 rings (SSSR count). The number of pyridine rings is 1. The van der Waals surface area contributed by atoms with Crippen LogP contribution in [0.1, 0.15) is 37.6 Å². The minimum Gasteiger partial charge on any atom is -0.358 e. The van der Waals surface area contributed by atoms with Crippen LogP contribution in [0.2, 0.25) is 0 Å². The summed E-state index contributed by atoms with van der Waals surface area (Å²) in [5.41, 5.74) is 3.43. The first-order valence-electron chi connectivity index (χ1n) is 9.48. The fraction of sp³-hybridized carbons (Fsp3) is 0.458. The van der Waals surface area contributed by atoms with Crippen molar-refractivity contribution in [3.63, 3.8) is 0 Å². The number of hydrogen-bond acceptors (Lipinski definition) is 2. The Kier molecular flexibility index (Phi) is 20.8. The minimum absolute atomic E-state index is 0. The Labute approximate surface area is 194 Å². The Morgan fingerprint density at radius 2 is 1.52 bits per heavy atom. The predicted octanol–water partition coefficient (Wildman–Crippen LogP) is 6.43. The summed E-state index contributed by atoms with van der Waals surface area (Å²) in [5.74, 6) is 0. The largest absolute Gasteiger partial charge is 2.00 e. The molecule has 0 aliphatic rings. The summed E-state index contributed by atoms with van der Waals surface area (Å²) >= 11 is 0. The zero-order valence-corrected chi connectivity index (χ0v) is 23.2. The van der Waals surface area contributed by atoms with Crippen LogP contribution in [-0.2, 0) is 29.0 Å². The normalized spacial score (nSPS) is 10.3. The summed E-state index contributed by atoms with van der Waals surface area (Å²) in [6.07, 6.45) is 3.64. The van der Waals surface area contributed by atoms with Crippen molar-refractivity contribution >= 4 is 22.1 Å². The van der Waals surface area contributed by atoms with E-state index >= 15 is 0 Å². The monoisotopic (exact) mass is 476 g/mol. The Hall–Kier alpha value is -0.581. The third-order valence-electron chi connectivity index (χ3n) is 2.91. The molecule has 1 aromatic carbocycles. The number of aliphatic imine (C=N–C) groups is 1. The quantitative estimate of drug-likeness (QED) is 0.217. The molecule has 0 fully saturated rings. The van der Waals surface area contributed by atoms with Crippen molar-refractivity contribution in [3.8, 4) is 0 Å². The van der Waals surface area contributed by atoms with Gasteiger partial charge in [-0.3, -0.25) is 4.98 Å². The first kappa shape index (κ1) is 33.1. The van der Waals surface area contributed by atoms with Gasteiger partial charge in [-0.05, 0) is 33.4 Å². The van der Waals surface area contributed by atoms with Crippen molar-refractivity contribution in [1.29, 1.82) is 0 Å². The standard InChI is InChI=1S/C17H19N2.2C3H9P.CH3.Fe/c1-17(2,3)15-9-7-14(8-10-15)12-18-13-16-6-4-5-11-19-16;2*1-4(2)3;;/h4-7,9-12H,13H2,1-3H3;2*1-3H3;1H3;/q-1;;;-1;+2/p+2. The van der Waals surface area contributed by atoms with Gasteiger partial charge in [0.15, 0.2) is 0 Å². The van der Waals surface area contributed by atoms with Gasteiger partial charge in [-0.2, -0.15) is 0 Å². The van der Waals surface area contributed by atoms with Gasteiger partial charge in [0, 0.05) is 46.2 Å². The van der Waals surface area contributed by atoms with Crippen molar-refractivity contribution in [2.24, 2.45) is 4.99 Å². The SMILES string of the molecule is CC(C)(C)c1c[c-]c(C=NCc2ccccn2)cc1.C[PH+](C)C.C[PH+](C)C.[CH3-].[Fe+2]. The van der Waals surface area contributed by atoms with E-state index in [0.29, 0.717) is 6.54 Å². The molecule has 0 amide bonds. The first-order chi connectivity index (χ1) is 12.5. The maximum Gasteiger partial charge on any atom is 2.00 e. The zero-order valence-electron chi connectivity index (χ0n) is 20.1. The average molecular weight is 476 g/mol. The Morgan fingerprint density at radius 3 is 1.90 bits per heavy atom. The second-order valence-corrected chi connectivity index (χ2v) is 14.6. The molecular formula is C24H42FeN2P2+2. The molecule has 0 atom stereocenters. The van der Waals surface area contributed by atoms with Gasteiger partial charge in [-0.1, -0.05) is 33.1 Å². The summed E-state index contributed by atoms with van der Waals surface area (Å²) in [4.78, 5) is 8.62. The molecule has 0 spiro atoms. The molecular weight excluding hydrogens is 434 g/mol. The molecule has 0 aliphatic heterocycles. The van der Waals surface area contributed by atoms with Crippen LogP contribution in [-0.4, -0.2) is 51.2 Å². The summed E-state index contributed by atoms with van der Waals surface area (Å²) < 4.78 is 0. The maximum absolute atomic E-state index is 4.38. The predicted molar refractivity (Wildman–Crippen MR) is 138 cm³/mol. The molecule has 5 heteroatoms. The van der Waals surface area contributed by atoms with Gasteiger partial charge >= 0.3 is 17.1 Å². The number of aromatic nitrogens is 1. The van der Waals surface area contributed by atoms with Gasteiger partial charge in [0.2, 0.25) is 0 Å². The molecule has 0 saturated heterocycles. The van der Waals surface area contributed by atoms with E-state index in [9.17, 15) is 0 Å². The summed E-state index contributed by atoms with van der Waals surface area (Å²) in [7, 11) is 0.241. The summed E-state index contributed by atoms with van der Waals surface area (Å²) in [6, 6.07) is 15.4. The van der Waals surface area contributed by atoms with Gasteiger partial charge in [-0.25, -0.2) is 0 Å². The van der Waals surface area contributed by atoms with E-state index in [1.807, 2.05) is 30.5 Å². The third kappa shape index (κ3) is 20.5. The molecule has 0 N–H and O–H groups in total. The number of hydrogen-bond donors (Lipinski definition) is 0. The molecule has 164 valence electrons. The fourth-order valence-corrected chi connectivity index (χ4v) is 1.71.